The molecule has 0 heterocycles. The summed E-state index contributed by atoms with van der Waals surface area (Å²) in [6.07, 6.45) is 11.7. The molecule has 0 aliphatic rings. The van der Waals surface area contributed by atoms with Gasteiger partial charge in [0.2, 0.25) is 0 Å². The maximum Gasteiger partial charge on any atom is 0.123 e. The Hall–Kier alpha value is -0.930. The van der Waals surface area contributed by atoms with E-state index < -0.39 is 0 Å². The Balaban J connectivity index is 1.92. The molecule has 0 radical (unpaired) electrons. The first-order valence-corrected chi connectivity index (χ1v) is 8.95. The molecule has 0 aliphatic carbocycles. The van der Waals surface area contributed by atoms with Crippen LogP contribution < -0.4 is 11.1 Å². The zero-order chi connectivity index (χ0) is 16.0. The van der Waals surface area contributed by atoms with Crippen LogP contribution in [0.4, 0.5) is 4.39 Å². The van der Waals surface area contributed by atoms with Crippen molar-refractivity contribution < 1.29 is 4.39 Å². The van der Waals surface area contributed by atoms with Crippen LogP contribution in [0.3, 0.4) is 0 Å². The fraction of sp³-hybridized carbons (Fsp3) is 0.684. The van der Waals surface area contributed by atoms with Crippen LogP contribution in [0.25, 0.3) is 0 Å². The lowest BCUT2D eigenvalue weighted by Gasteiger charge is -2.12. The van der Waals surface area contributed by atoms with Gasteiger partial charge in [0.05, 0.1) is 0 Å². The molecule has 1 aromatic rings. The maximum atomic E-state index is 12.8. The van der Waals surface area contributed by atoms with E-state index in [9.17, 15) is 4.39 Å². The quantitative estimate of drug-likeness (QED) is 0.506. The molecule has 0 fully saturated rings. The molecular weight excluding hydrogens is 275 g/mol. The van der Waals surface area contributed by atoms with Crippen LogP contribution in [-0.2, 0) is 0 Å². The molecule has 0 bridgehead atoms. The zero-order valence-electron chi connectivity index (χ0n) is 14.1. The topological polar surface area (TPSA) is 38.0 Å². The van der Waals surface area contributed by atoms with Gasteiger partial charge in [-0.05, 0) is 43.6 Å². The van der Waals surface area contributed by atoms with Crippen LogP contribution in [-0.4, -0.2) is 13.1 Å². The third-order valence-corrected chi connectivity index (χ3v) is 4.14. The number of rotatable bonds is 13. The molecule has 2 nitrogen and oxygen atoms in total. The van der Waals surface area contributed by atoms with E-state index in [0.717, 1.165) is 25.1 Å². The van der Waals surface area contributed by atoms with Crippen molar-refractivity contribution in [1.82, 2.24) is 5.32 Å². The SMILES string of the molecule is CCCCCCCCCCNCCC(N)c1ccc(F)cc1. The number of hydrogen-bond acceptors (Lipinski definition) is 2. The van der Waals surface area contributed by atoms with Gasteiger partial charge in [0.25, 0.3) is 0 Å². The first-order valence-electron chi connectivity index (χ1n) is 8.95. The summed E-state index contributed by atoms with van der Waals surface area (Å²) in [5.74, 6) is -0.205. The van der Waals surface area contributed by atoms with Gasteiger partial charge in [-0.3, -0.25) is 0 Å². The molecule has 0 amide bonds. The average Bonchev–Trinajstić information content (AvgIpc) is 2.53. The van der Waals surface area contributed by atoms with E-state index in [0.29, 0.717) is 0 Å². The molecule has 1 unspecified atom stereocenters. The van der Waals surface area contributed by atoms with E-state index in [2.05, 4.69) is 12.2 Å². The van der Waals surface area contributed by atoms with E-state index in [-0.39, 0.29) is 11.9 Å². The fourth-order valence-corrected chi connectivity index (χ4v) is 2.64. The summed E-state index contributed by atoms with van der Waals surface area (Å²) in [5.41, 5.74) is 7.11. The van der Waals surface area contributed by atoms with Gasteiger partial charge in [-0.15, -0.1) is 0 Å². The first kappa shape index (κ1) is 19.1. The molecule has 3 heteroatoms. The van der Waals surface area contributed by atoms with Gasteiger partial charge in [-0.1, -0.05) is 64.0 Å². The minimum absolute atomic E-state index is 0.00772. The number of benzene rings is 1. The van der Waals surface area contributed by atoms with Crippen molar-refractivity contribution in [2.75, 3.05) is 13.1 Å². The van der Waals surface area contributed by atoms with Crippen molar-refractivity contribution in [3.05, 3.63) is 35.6 Å². The van der Waals surface area contributed by atoms with Crippen LogP contribution in [0, 0.1) is 5.82 Å². The number of unbranched alkanes of at least 4 members (excludes halogenated alkanes) is 7. The van der Waals surface area contributed by atoms with Gasteiger partial charge in [0.1, 0.15) is 5.82 Å². The molecule has 0 saturated heterocycles. The van der Waals surface area contributed by atoms with Crippen molar-refractivity contribution in [2.24, 2.45) is 5.73 Å². The molecule has 3 N–H and O–H groups in total. The molecule has 0 aromatic heterocycles. The highest BCUT2D eigenvalue weighted by Gasteiger charge is 2.05. The van der Waals surface area contributed by atoms with E-state index in [1.54, 1.807) is 12.1 Å². The van der Waals surface area contributed by atoms with E-state index in [1.807, 2.05) is 0 Å². The van der Waals surface area contributed by atoms with Gasteiger partial charge >= 0.3 is 0 Å². The summed E-state index contributed by atoms with van der Waals surface area (Å²) in [7, 11) is 0. The second kappa shape index (κ2) is 12.6. The molecule has 126 valence electrons. The molecule has 1 aromatic carbocycles. The third-order valence-electron chi connectivity index (χ3n) is 4.14. The standard InChI is InChI=1S/C19H33FN2/c1-2-3-4-5-6-7-8-9-15-22-16-14-19(21)17-10-12-18(20)13-11-17/h10-13,19,22H,2-9,14-16,21H2,1H3. The number of nitrogens with one attached hydrogen (secondary N) is 1. The lowest BCUT2D eigenvalue weighted by atomic mass is 10.0. The Kier molecular flexibility index (Phi) is 10.9. The summed E-state index contributed by atoms with van der Waals surface area (Å²) in [5, 5.41) is 3.45. The molecule has 22 heavy (non-hydrogen) atoms. The van der Waals surface area contributed by atoms with Crippen molar-refractivity contribution in [1.29, 1.82) is 0 Å². The van der Waals surface area contributed by atoms with E-state index in [1.165, 1.54) is 63.5 Å². The molecule has 0 spiro atoms. The summed E-state index contributed by atoms with van der Waals surface area (Å²) >= 11 is 0. The minimum atomic E-state index is -0.205. The van der Waals surface area contributed by atoms with Crippen molar-refractivity contribution in [2.45, 2.75) is 70.8 Å². The highest BCUT2D eigenvalue weighted by molar-refractivity contribution is 5.19. The average molecular weight is 308 g/mol. The van der Waals surface area contributed by atoms with Crippen molar-refractivity contribution in [3.63, 3.8) is 0 Å². The van der Waals surface area contributed by atoms with E-state index in [4.69, 9.17) is 5.73 Å². The second-order valence-electron chi connectivity index (χ2n) is 6.17. The minimum Gasteiger partial charge on any atom is -0.324 e. The predicted octanol–water partition coefficient (Wildman–Crippen LogP) is 4.95. The Morgan fingerprint density at radius 3 is 2.14 bits per heavy atom. The Morgan fingerprint density at radius 2 is 1.50 bits per heavy atom. The van der Waals surface area contributed by atoms with Crippen molar-refractivity contribution in [3.8, 4) is 0 Å². The Bertz CT molecular complexity index is 364. The van der Waals surface area contributed by atoms with E-state index >= 15 is 0 Å². The summed E-state index contributed by atoms with van der Waals surface area (Å²) in [6.45, 7) is 4.26. The molecular formula is C19H33FN2. The third kappa shape index (κ3) is 9.16. The van der Waals surface area contributed by atoms with Crippen LogP contribution in [0.5, 0.6) is 0 Å². The van der Waals surface area contributed by atoms with Gasteiger partial charge in [0, 0.05) is 6.04 Å². The highest BCUT2D eigenvalue weighted by atomic mass is 19.1. The maximum absolute atomic E-state index is 12.8. The Morgan fingerprint density at radius 1 is 0.909 bits per heavy atom. The van der Waals surface area contributed by atoms with Crippen LogP contribution >= 0.6 is 0 Å². The normalized spacial score (nSPS) is 12.5. The van der Waals surface area contributed by atoms with Gasteiger partial charge in [-0.2, -0.15) is 0 Å². The van der Waals surface area contributed by atoms with Crippen molar-refractivity contribution >= 4 is 0 Å². The predicted molar refractivity (Wildman–Crippen MR) is 93.4 cm³/mol. The number of hydrogen-bond donors (Lipinski definition) is 2. The largest absolute Gasteiger partial charge is 0.324 e. The first-order chi connectivity index (χ1) is 10.7. The molecule has 1 atom stereocenters. The van der Waals surface area contributed by atoms with Crippen LogP contribution in [0.2, 0.25) is 0 Å². The zero-order valence-corrected chi connectivity index (χ0v) is 14.1. The van der Waals surface area contributed by atoms with Crippen LogP contribution in [0.15, 0.2) is 24.3 Å². The number of nitrogens with two attached hydrogens (primary N) is 1. The summed E-state index contributed by atoms with van der Waals surface area (Å²) < 4.78 is 12.8. The number of halogens is 1. The lowest BCUT2D eigenvalue weighted by Crippen LogP contribution is -2.22. The second-order valence-corrected chi connectivity index (χ2v) is 6.17. The monoisotopic (exact) mass is 308 g/mol. The smallest absolute Gasteiger partial charge is 0.123 e. The van der Waals surface area contributed by atoms with Gasteiger partial charge in [0.15, 0.2) is 0 Å². The van der Waals surface area contributed by atoms with Crippen LogP contribution in [0.1, 0.15) is 76.3 Å². The lowest BCUT2D eigenvalue weighted by molar-refractivity contribution is 0.535. The summed E-state index contributed by atoms with van der Waals surface area (Å²) in [6, 6.07) is 6.50. The fourth-order valence-electron chi connectivity index (χ4n) is 2.64. The van der Waals surface area contributed by atoms with Gasteiger partial charge < -0.3 is 11.1 Å². The summed E-state index contributed by atoms with van der Waals surface area (Å²) in [4.78, 5) is 0. The molecule has 1 rings (SSSR count). The highest BCUT2D eigenvalue weighted by Crippen LogP contribution is 2.13. The Labute approximate surface area is 135 Å². The molecule has 0 aliphatic heterocycles. The van der Waals surface area contributed by atoms with Gasteiger partial charge in [-0.25, -0.2) is 4.39 Å². The molecule has 0 saturated carbocycles.